The van der Waals surface area contributed by atoms with Gasteiger partial charge in [0.25, 0.3) is 0 Å². The molecule has 1 aromatic heterocycles. The van der Waals surface area contributed by atoms with E-state index in [1.54, 1.807) is 11.8 Å². The first kappa shape index (κ1) is 14.8. The van der Waals surface area contributed by atoms with Crippen LogP contribution in [0, 0.1) is 0 Å². The lowest BCUT2D eigenvalue weighted by Crippen LogP contribution is -2.29. The Balaban J connectivity index is 2.09. The second-order valence-corrected chi connectivity index (χ2v) is 5.61. The molecule has 7 nitrogen and oxygen atoms in total. The zero-order valence-corrected chi connectivity index (χ0v) is 13.8. The van der Waals surface area contributed by atoms with E-state index < -0.39 is 0 Å². The number of rotatable bonds is 4. The molecule has 0 spiro atoms. The standard InChI is InChI=1S/C14H15BrN4O3/c1-3-22-12-4-8(9(15)5-11(12)21-2)10-6-13(20)18-14-16-7-17-19(10)14/h4-5,7,10H,3,6H2,1-2H3,(H,16,17,18,20)/t10-/m0/s1. The Morgan fingerprint density at radius 3 is 3.00 bits per heavy atom. The van der Waals surface area contributed by atoms with E-state index in [0.29, 0.717) is 24.1 Å². The number of ether oxygens (including phenoxy) is 2. The summed E-state index contributed by atoms with van der Waals surface area (Å²) in [4.78, 5) is 15.9. The predicted molar refractivity (Wildman–Crippen MR) is 83.3 cm³/mol. The van der Waals surface area contributed by atoms with Crippen molar-refractivity contribution in [1.82, 2.24) is 14.8 Å². The van der Waals surface area contributed by atoms with E-state index in [2.05, 4.69) is 31.3 Å². The number of nitrogens with one attached hydrogen (secondary N) is 1. The monoisotopic (exact) mass is 366 g/mol. The first-order valence-corrected chi connectivity index (χ1v) is 7.63. The molecule has 0 bridgehead atoms. The minimum atomic E-state index is -0.245. The lowest BCUT2D eigenvalue weighted by atomic mass is 10.0. The van der Waals surface area contributed by atoms with Crippen LogP contribution in [0.25, 0.3) is 0 Å². The number of halogens is 1. The second kappa shape index (κ2) is 5.96. The Labute approximate surface area is 135 Å². The number of methoxy groups -OCH3 is 1. The number of anilines is 1. The molecule has 1 aliphatic rings. The molecule has 1 N–H and O–H groups in total. The first-order valence-electron chi connectivity index (χ1n) is 6.83. The molecule has 0 radical (unpaired) electrons. The third-order valence-electron chi connectivity index (χ3n) is 3.44. The van der Waals surface area contributed by atoms with Gasteiger partial charge in [-0.25, -0.2) is 4.68 Å². The lowest BCUT2D eigenvalue weighted by Gasteiger charge is -2.25. The van der Waals surface area contributed by atoms with Gasteiger partial charge in [-0.2, -0.15) is 10.1 Å². The maximum atomic E-state index is 11.9. The number of amides is 1. The average molecular weight is 367 g/mol. The number of benzene rings is 1. The van der Waals surface area contributed by atoms with Gasteiger partial charge in [0, 0.05) is 4.47 Å². The van der Waals surface area contributed by atoms with Gasteiger partial charge in [-0.3, -0.25) is 10.1 Å². The fraction of sp³-hybridized carbons (Fsp3) is 0.357. The van der Waals surface area contributed by atoms with E-state index >= 15 is 0 Å². The van der Waals surface area contributed by atoms with Crippen LogP contribution in [0.1, 0.15) is 24.9 Å². The molecular formula is C14H15BrN4O3. The quantitative estimate of drug-likeness (QED) is 0.898. The maximum absolute atomic E-state index is 11.9. The highest BCUT2D eigenvalue weighted by Crippen LogP contribution is 2.39. The molecule has 3 rings (SSSR count). The zero-order chi connectivity index (χ0) is 15.7. The van der Waals surface area contributed by atoms with Crippen LogP contribution in [0.2, 0.25) is 0 Å². The van der Waals surface area contributed by atoms with Crippen LogP contribution < -0.4 is 14.8 Å². The highest BCUT2D eigenvalue weighted by Gasteiger charge is 2.30. The topological polar surface area (TPSA) is 78.3 Å². The van der Waals surface area contributed by atoms with Gasteiger partial charge in [-0.05, 0) is 24.6 Å². The molecule has 8 heteroatoms. The molecule has 1 atom stereocenters. The third-order valence-corrected chi connectivity index (χ3v) is 4.13. The van der Waals surface area contributed by atoms with Gasteiger partial charge in [-0.1, -0.05) is 15.9 Å². The molecule has 0 unspecified atom stereocenters. The highest BCUT2D eigenvalue weighted by atomic mass is 79.9. The zero-order valence-electron chi connectivity index (χ0n) is 12.2. The van der Waals surface area contributed by atoms with Gasteiger partial charge in [0.05, 0.1) is 26.2 Å². The summed E-state index contributed by atoms with van der Waals surface area (Å²) in [6.45, 7) is 2.43. The molecule has 2 heterocycles. The van der Waals surface area contributed by atoms with Crippen molar-refractivity contribution >= 4 is 27.8 Å². The van der Waals surface area contributed by atoms with Gasteiger partial charge >= 0.3 is 0 Å². The number of carbonyl (C=O) groups is 1. The van der Waals surface area contributed by atoms with Crippen molar-refractivity contribution in [2.45, 2.75) is 19.4 Å². The average Bonchev–Trinajstić information content (AvgIpc) is 2.96. The van der Waals surface area contributed by atoms with Gasteiger partial charge < -0.3 is 9.47 Å². The fourth-order valence-corrected chi connectivity index (χ4v) is 3.07. The SMILES string of the molecule is CCOc1cc([C@@H]2CC(=O)Nc3ncnn32)c(Br)cc1OC. The van der Waals surface area contributed by atoms with Crippen LogP contribution in [0.4, 0.5) is 5.95 Å². The molecule has 22 heavy (non-hydrogen) atoms. The number of carbonyl (C=O) groups excluding carboxylic acids is 1. The summed E-state index contributed by atoms with van der Waals surface area (Å²) >= 11 is 3.54. The van der Waals surface area contributed by atoms with Crippen molar-refractivity contribution in [1.29, 1.82) is 0 Å². The van der Waals surface area contributed by atoms with E-state index in [-0.39, 0.29) is 18.4 Å². The Morgan fingerprint density at radius 1 is 1.45 bits per heavy atom. The van der Waals surface area contributed by atoms with E-state index in [1.807, 2.05) is 19.1 Å². The van der Waals surface area contributed by atoms with Crippen molar-refractivity contribution in [3.63, 3.8) is 0 Å². The maximum Gasteiger partial charge on any atom is 0.229 e. The highest BCUT2D eigenvalue weighted by molar-refractivity contribution is 9.10. The fourth-order valence-electron chi connectivity index (χ4n) is 2.48. The van der Waals surface area contributed by atoms with Gasteiger partial charge in [0.2, 0.25) is 11.9 Å². The van der Waals surface area contributed by atoms with Crippen LogP contribution in [0.5, 0.6) is 11.5 Å². The Morgan fingerprint density at radius 2 is 2.27 bits per heavy atom. The van der Waals surface area contributed by atoms with Crippen LogP contribution in [-0.2, 0) is 4.79 Å². The summed E-state index contributed by atoms with van der Waals surface area (Å²) in [6, 6.07) is 3.47. The Hall–Kier alpha value is -2.09. The van der Waals surface area contributed by atoms with Crippen molar-refractivity contribution in [2.75, 3.05) is 19.0 Å². The van der Waals surface area contributed by atoms with Crippen LogP contribution in [0.3, 0.4) is 0 Å². The number of hydrogen-bond donors (Lipinski definition) is 1. The molecule has 0 fully saturated rings. The minimum Gasteiger partial charge on any atom is -0.493 e. The molecule has 0 aliphatic carbocycles. The third kappa shape index (κ3) is 2.54. The molecule has 2 aromatic rings. The first-order chi connectivity index (χ1) is 10.6. The number of nitrogens with zero attached hydrogens (tertiary/aromatic N) is 3. The molecule has 1 aromatic carbocycles. The predicted octanol–water partition coefficient (Wildman–Crippen LogP) is 2.38. The van der Waals surface area contributed by atoms with Gasteiger partial charge in [-0.15, -0.1) is 0 Å². The summed E-state index contributed by atoms with van der Waals surface area (Å²) in [5.74, 6) is 1.63. The Bertz CT molecular complexity index is 716. The van der Waals surface area contributed by atoms with E-state index in [1.165, 1.54) is 6.33 Å². The summed E-state index contributed by atoms with van der Waals surface area (Å²) in [6.07, 6.45) is 1.71. The molecule has 116 valence electrons. The molecule has 0 saturated heterocycles. The molecule has 1 amide bonds. The van der Waals surface area contributed by atoms with Gasteiger partial charge in [0.15, 0.2) is 11.5 Å². The van der Waals surface area contributed by atoms with Crippen molar-refractivity contribution in [2.24, 2.45) is 0 Å². The molecule has 1 aliphatic heterocycles. The van der Waals surface area contributed by atoms with Crippen LogP contribution in [0.15, 0.2) is 22.9 Å². The summed E-state index contributed by atoms with van der Waals surface area (Å²) < 4.78 is 13.5. The van der Waals surface area contributed by atoms with Gasteiger partial charge in [0.1, 0.15) is 6.33 Å². The van der Waals surface area contributed by atoms with Crippen molar-refractivity contribution in [3.8, 4) is 11.5 Å². The van der Waals surface area contributed by atoms with Crippen LogP contribution in [-0.4, -0.2) is 34.4 Å². The second-order valence-electron chi connectivity index (χ2n) is 4.75. The number of hydrogen-bond acceptors (Lipinski definition) is 5. The van der Waals surface area contributed by atoms with E-state index in [0.717, 1.165) is 10.0 Å². The van der Waals surface area contributed by atoms with Crippen molar-refractivity contribution < 1.29 is 14.3 Å². The number of aromatic nitrogens is 3. The number of fused-ring (bicyclic) bond motifs is 1. The van der Waals surface area contributed by atoms with Crippen LogP contribution >= 0.6 is 15.9 Å². The lowest BCUT2D eigenvalue weighted by molar-refractivity contribution is -0.117. The van der Waals surface area contributed by atoms with E-state index in [4.69, 9.17) is 9.47 Å². The summed E-state index contributed by atoms with van der Waals surface area (Å²) in [5.41, 5.74) is 0.894. The minimum absolute atomic E-state index is 0.0915. The largest absolute Gasteiger partial charge is 0.493 e. The normalized spacial score (nSPS) is 16.9. The molecule has 0 saturated carbocycles. The Kier molecular flexibility index (Phi) is 4.02. The summed E-state index contributed by atoms with van der Waals surface area (Å²) in [7, 11) is 1.59. The summed E-state index contributed by atoms with van der Waals surface area (Å²) in [5, 5.41) is 6.91. The molecular weight excluding hydrogens is 352 g/mol. The van der Waals surface area contributed by atoms with E-state index in [9.17, 15) is 4.79 Å². The smallest absolute Gasteiger partial charge is 0.229 e. The van der Waals surface area contributed by atoms with Crippen molar-refractivity contribution in [3.05, 3.63) is 28.5 Å².